The molecule has 0 spiro atoms. The molecular weight excluding hydrogens is 359 g/mol. The van der Waals surface area contributed by atoms with E-state index in [4.69, 9.17) is 23.2 Å². The summed E-state index contributed by atoms with van der Waals surface area (Å²) in [5.41, 5.74) is 0.612. The lowest BCUT2D eigenvalue weighted by Gasteiger charge is -2.36. The molecule has 128 valence electrons. The Labute approximate surface area is 147 Å². The summed E-state index contributed by atoms with van der Waals surface area (Å²) in [5, 5.41) is 0.933. The highest BCUT2D eigenvalue weighted by molar-refractivity contribution is 7.88. The number of rotatable bonds is 5. The van der Waals surface area contributed by atoms with E-state index in [9.17, 15) is 13.2 Å². The summed E-state index contributed by atoms with van der Waals surface area (Å²) in [4.78, 5) is 14.4. The maximum Gasteiger partial charge on any atom is 0.227 e. The van der Waals surface area contributed by atoms with E-state index in [1.807, 2.05) is 0 Å². The fourth-order valence-electron chi connectivity index (χ4n) is 2.74. The molecule has 1 saturated heterocycles. The molecule has 1 atom stereocenters. The number of hydrogen-bond donors (Lipinski definition) is 1. The normalized spacial score (nSPS) is 18.9. The summed E-state index contributed by atoms with van der Waals surface area (Å²) in [6.07, 6.45) is 3.91. The molecule has 0 aliphatic carbocycles. The minimum Gasteiger partial charge on any atom is -0.338 e. The number of carbonyl (C=O) groups is 1. The predicted molar refractivity (Wildman–Crippen MR) is 92.4 cm³/mol. The zero-order chi connectivity index (χ0) is 17.0. The molecule has 23 heavy (non-hydrogen) atoms. The molecule has 0 bridgehead atoms. The van der Waals surface area contributed by atoms with Crippen molar-refractivity contribution in [3.63, 3.8) is 0 Å². The molecule has 5 nitrogen and oxygen atoms in total. The van der Waals surface area contributed by atoms with Crippen molar-refractivity contribution >= 4 is 39.1 Å². The summed E-state index contributed by atoms with van der Waals surface area (Å²) in [6, 6.07) is 5.01. The van der Waals surface area contributed by atoms with Crippen LogP contribution in [0, 0.1) is 0 Å². The Morgan fingerprint density at radius 3 is 2.57 bits per heavy atom. The van der Waals surface area contributed by atoms with Crippen molar-refractivity contribution in [2.75, 3.05) is 19.3 Å². The zero-order valence-electron chi connectivity index (χ0n) is 12.9. The van der Waals surface area contributed by atoms with Crippen LogP contribution in [0.1, 0.15) is 24.8 Å². The fourth-order valence-corrected chi connectivity index (χ4v) is 3.77. The van der Waals surface area contributed by atoms with Crippen molar-refractivity contribution in [3.05, 3.63) is 33.8 Å². The van der Waals surface area contributed by atoms with Crippen molar-refractivity contribution in [2.24, 2.45) is 0 Å². The molecule has 1 aromatic carbocycles. The van der Waals surface area contributed by atoms with Gasteiger partial charge in [-0.3, -0.25) is 4.79 Å². The van der Waals surface area contributed by atoms with Crippen molar-refractivity contribution in [1.82, 2.24) is 9.62 Å². The molecule has 0 aromatic heterocycles. The van der Waals surface area contributed by atoms with Gasteiger partial charge in [0.15, 0.2) is 0 Å². The maximum atomic E-state index is 12.6. The monoisotopic (exact) mass is 378 g/mol. The van der Waals surface area contributed by atoms with Gasteiger partial charge in [0, 0.05) is 29.2 Å². The molecule has 0 saturated carbocycles. The van der Waals surface area contributed by atoms with Gasteiger partial charge in [-0.2, -0.15) is 0 Å². The molecule has 1 fully saturated rings. The average Bonchev–Trinajstić information content (AvgIpc) is 2.48. The molecule has 1 aliphatic rings. The van der Waals surface area contributed by atoms with Gasteiger partial charge in [0.1, 0.15) is 0 Å². The van der Waals surface area contributed by atoms with E-state index in [2.05, 4.69) is 4.72 Å². The van der Waals surface area contributed by atoms with E-state index in [1.54, 1.807) is 23.1 Å². The van der Waals surface area contributed by atoms with Crippen molar-refractivity contribution < 1.29 is 13.2 Å². The Balaban J connectivity index is 2.09. The number of benzene rings is 1. The number of nitrogens with one attached hydrogen (secondary N) is 1. The maximum absolute atomic E-state index is 12.6. The Bertz CT molecular complexity index is 659. The van der Waals surface area contributed by atoms with Crippen LogP contribution in [-0.4, -0.2) is 44.6 Å². The lowest BCUT2D eigenvalue weighted by atomic mass is 10.0. The first-order chi connectivity index (χ1) is 10.8. The molecule has 1 aromatic rings. The van der Waals surface area contributed by atoms with Crippen LogP contribution in [0.5, 0.6) is 0 Å². The number of likely N-dealkylation sites (tertiary alicyclic amines) is 1. The number of carbonyl (C=O) groups excluding carboxylic acids is 1. The Kier molecular flexibility index (Phi) is 6.31. The van der Waals surface area contributed by atoms with Crippen molar-refractivity contribution in [2.45, 2.75) is 31.7 Å². The van der Waals surface area contributed by atoms with Gasteiger partial charge in [0.2, 0.25) is 15.9 Å². The van der Waals surface area contributed by atoms with Gasteiger partial charge in [0.05, 0.1) is 12.7 Å². The van der Waals surface area contributed by atoms with E-state index < -0.39 is 10.0 Å². The molecule has 1 aliphatic heterocycles. The number of halogens is 2. The predicted octanol–water partition coefficient (Wildman–Crippen LogP) is 2.47. The largest absolute Gasteiger partial charge is 0.338 e. The number of amides is 1. The van der Waals surface area contributed by atoms with Crippen LogP contribution in [0.2, 0.25) is 10.0 Å². The molecule has 8 heteroatoms. The summed E-state index contributed by atoms with van der Waals surface area (Å²) >= 11 is 12.2. The minimum absolute atomic E-state index is 0.0833. The average molecular weight is 379 g/mol. The smallest absolute Gasteiger partial charge is 0.227 e. The van der Waals surface area contributed by atoms with Crippen LogP contribution >= 0.6 is 23.2 Å². The summed E-state index contributed by atoms with van der Waals surface area (Å²) in [5.74, 6) is -0.0833. The highest BCUT2D eigenvalue weighted by Gasteiger charge is 2.28. The van der Waals surface area contributed by atoms with Crippen LogP contribution in [0.25, 0.3) is 0 Å². The number of sulfonamides is 1. The molecule has 1 N–H and O–H groups in total. The zero-order valence-corrected chi connectivity index (χ0v) is 15.2. The molecule has 0 unspecified atom stereocenters. The lowest BCUT2D eigenvalue weighted by Crippen LogP contribution is -2.49. The van der Waals surface area contributed by atoms with Gasteiger partial charge >= 0.3 is 0 Å². The third kappa shape index (κ3) is 5.35. The topological polar surface area (TPSA) is 66.5 Å². The van der Waals surface area contributed by atoms with Gasteiger partial charge in [0.25, 0.3) is 0 Å². The first kappa shape index (κ1) is 18.5. The molecule has 2 rings (SSSR count). The van der Waals surface area contributed by atoms with E-state index in [1.165, 1.54) is 0 Å². The minimum atomic E-state index is -3.28. The summed E-state index contributed by atoms with van der Waals surface area (Å²) in [6.45, 7) is 0.859. The fraction of sp³-hybridized carbons (Fsp3) is 0.533. The van der Waals surface area contributed by atoms with Crippen molar-refractivity contribution in [3.8, 4) is 0 Å². The SMILES string of the molecule is CS(=O)(=O)NC[C@@H]1CCCCN1C(=O)Cc1c(Cl)cccc1Cl. The highest BCUT2D eigenvalue weighted by atomic mass is 35.5. The summed E-state index contributed by atoms with van der Waals surface area (Å²) in [7, 11) is -3.28. The van der Waals surface area contributed by atoms with Crippen LogP contribution < -0.4 is 4.72 Å². The van der Waals surface area contributed by atoms with Gasteiger partial charge in [-0.25, -0.2) is 13.1 Å². The Morgan fingerprint density at radius 1 is 1.30 bits per heavy atom. The lowest BCUT2D eigenvalue weighted by molar-refractivity contribution is -0.133. The van der Waals surface area contributed by atoms with Gasteiger partial charge < -0.3 is 4.90 Å². The molecule has 0 radical (unpaired) electrons. The van der Waals surface area contributed by atoms with Crippen LogP contribution in [0.3, 0.4) is 0 Å². The molecule has 1 amide bonds. The molecular formula is C15H20Cl2N2O3S. The van der Waals surface area contributed by atoms with Crippen molar-refractivity contribution in [1.29, 1.82) is 0 Å². The van der Waals surface area contributed by atoms with E-state index in [0.29, 0.717) is 22.2 Å². The van der Waals surface area contributed by atoms with Gasteiger partial charge in [-0.15, -0.1) is 0 Å². The van der Waals surface area contributed by atoms with E-state index >= 15 is 0 Å². The number of piperidine rings is 1. The first-order valence-corrected chi connectivity index (χ1v) is 10.1. The Hall–Kier alpha value is -0.820. The number of nitrogens with zero attached hydrogens (tertiary/aromatic N) is 1. The quantitative estimate of drug-likeness (QED) is 0.855. The number of hydrogen-bond acceptors (Lipinski definition) is 3. The second kappa shape index (κ2) is 7.83. The highest BCUT2D eigenvalue weighted by Crippen LogP contribution is 2.26. The third-order valence-corrected chi connectivity index (χ3v) is 5.32. The van der Waals surface area contributed by atoms with E-state index in [0.717, 1.165) is 25.5 Å². The molecule has 1 heterocycles. The van der Waals surface area contributed by atoms with Gasteiger partial charge in [-0.05, 0) is 37.0 Å². The second-order valence-electron chi connectivity index (χ2n) is 5.73. The second-order valence-corrected chi connectivity index (χ2v) is 8.38. The first-order valence-electron chi connectivity index (χ1n) is 7.45. The van der Waals surface area contributed by atoms with Crippen LogP contribution in [-0.2, 0) is 21.2 Å². The third-order valence-electron chi connectivity index (χ3n) is 3.92. The van der Waals surface area contributed by atoms with E-state index in [-0.39, 0.29) is 24.9 Å². The van der Waals surface area contributed by atoms with Crippen LogP contribution in [0.4, 0.5) is 0 Å². The standard InChI is InChI=1S/C15H20Cl2N2O3S/c1-23(21,22)18-10-11-5-2-3-8-19(11)15(20)9-12-13(16)6-4-7-14(12)17/h4,6-7,11,18H,2-3,5,8-10H2,1H3/t11-/m0/s1. The van der Waals surface area contributed by atoms with Gasteiger partial charge in [-0.1, -0.05) is 29.3 Å². The Morgan fingerprint density at radius 2 is 1.96 bits per heavy atom. The summed E-state index contributed by atoms with van der Waals surface area (Å²) < 4.78 is 25.1. The van der Waals surface area contributed by atoms with Crippen LogP contribution in [0.15, 0.2) is 18.2 Å².